The van der Waals surface area contributed by atoms with Gasteiger partial charge in [-0.15, -0.1) is 25.3 Å². The van der Waals surface area contributed by atoms with Crippen molar-refractivity contribution < 1.29 is 9.59 Å². The van der Waals surface area contributed by atoms with Gasteiger partial charge in [0.1, 0.15) is 0 Å². The normalized spacial score (nSPS) is 10.1. The van der Waals surface area contributed by atoms with Gasteiger partial charge in [-0.05, 0) is 35.4 Å². The number of thiol groups is 2. The van der Waals surface area contributed by atoms with Crippen molar-refractivity contribution in [3.8, 4) is 11.1 Å². The van der Waals surface area contributed by atoms with E-state index in [1.54, 1.807) is 12.1 Å². The summed E-state index contributed by atoms with van der Waals surface area (Å²) in [6.45, 7) is 0. The predicted octanol–water partition coefficient (Wildman–Crippen LogP) is 3.56. The molecule has 0 aliphatic rings. The molecule has 0 bridgehead atoms. The van der Waals surface area contributed by atoms with Gasteiger partial charge in [0, 0.05) is 20.9 Å². The summed E-state index contributed by atoms with van der Waals surface area (Å²) in [7, 11) is 0. The second-order valence-corrected chi connectivity index (χ2v) is 4.75. The lowest BCUT2D eigenvalue weighted by Crippen LogP contribution is -1.87. The molecule has 2 nitrogen and oxygen atoms in total. The van der Waals surface area contributed by atoms with Gasteiger partial charge in [-0.3, -0.25) is 9.59 Å². The first-order valence-corrected chi connectivity index (χ1v) is 6.12. The highest BCUT2D eigenvalue weighted by Crippen LogP contribution is 2.26. The molecule has 0 aliphatic heterocycles. The number of aldehydes is 2. The van der Waals surface area contributed by atoms with E-state index in [9.17, 15) is 9.59 Å². The highest BCUT2D eigenvalue weighted by Gasteiger charge is 2.04. The molecule has 2 rings (SSSR count). The molecule has 18 heavy (non-hydrogen) atoms. The van der Waals surface area contributed by atoms with Crippen LogP contribution >= 0.6 is 25.3 Å². The van der Waals surface area contributed by atoms with Crippen molar-refractivity contribution in [1.29, 1.82) is 0 Å². The first kappa shape index (κ1) is 12.9. The minimum absolute atomic E-state index is 0.553. The number of carbonyl (C=O) groups is 2. The summed E-state index contributed by atoms with van der Waals surface area (Å²) in [6, 6.07) is 10.7. The van der Waals surface area contributed by atoms with Gasteiger partial charge in [-0.25, -0.2) is 0 Å². The number of hydrogen-bond donors (Lipinski definition) is 2. The molecule has 2 aromatic rings. The molecule has 0 atom stereocenters. The molecule has 0 saturated carbocycles. The van der Waals surface area contributed by atoms with Crippen LogP contribution in [0.25, 0.3) is 11.1 Å². The van der Waals surface area contributed by atoms with Crippen molar-refractivity contribution in [2.45, 2.75) is 9.79 Å². The fourth-order valence-electron chi connectivity index (χ4n) is 1.65. The Bertz CT molecular complexity index is 566. The molecule has 0 aromatic heterocycles. The number of hydrogen-bond acceptors (Lipinski definition) is 4. The number of rotatable bonds is 3. The van der Waals surface area contributed by atoms with Crippen molar-refractivity contribution in [3.63, 3.8) is 0 Å². The Labute approximate surface area is 116 Å². The van der Waals surface area contributed by atoms with Crippen molar-refractivity contribution in [2.24, 2.45) is 0 Å². The minimum Gasteiger partial charge on any atom is -0.298 e. The standard InChI is InChI=1S/C14H10O2S2/c15-7-11-3-1-9(5-13(11)17)10-2-4-12(8-16)14(18)6-10/h1-8,17-18H. The first-order chi connectivity index (χ1) is 8.65. The van der Waals surface area contributed by atoms with Crippen LogP contribution in [0.5, 0.6) is 0 Å². The zero-order valence-electron chi connectivity index (χ0n) is 9.33. The van der Waals surface area contributed by atoms with Gasteiger partial charge in [-0.2, -0.15) is 0 Å². The molecule has 0 amide bonds. The van der Waals surface area contributed by atoms with Crippen molar-refractivity contribution in [1.82, 2.24) is 0 Å². The maximum atomic E-state index is 10.7. The number of carbonyl (C=O) groups excluding carboxylic acids is 2. The van der Waals surface area contributed by atoms with Crippen molar-refractivity contribution >= 4 is 37.8 Å². The average Bonchev–Trinajstić information content (AvgIpc) is 2.38. The first-order valence-electron chi connectivity index (χ1n) is 5.22. The Balaban J connectivity index is 2.48. The molecule has 0 unspecified atom stereocenters. The third kappa shape index (κ3) is 2.49. The third-order valence-electron chi connectivity index (χ3n) is 2.65. The van der Waals surface area contributed by atoms with Crippen LogP contribution in [-0.4, -0.2) is 12.6 Å². The molecule has 90 valence electrons. The van der Waals surface area contributed by atoms with Gasteiger partial charge in [0.15, 0.2) is 12.6 Å². The Morgan fingerprint density at radius 2 is 1.11 bits per heavy atom. The second-order valence-electron chi connectivity index (χ2n) is 3.78. The molecule has 0 fully saturated rings. The molecule has 0 N–H and O–H groups in total. The van der Waals surface area contributed by atoms with Gasteiger partial charge in [-0.1, -0.05) is 12.1 Å². The molecule has 0 saturated heterocycles. The van der Waals surface area contributed by atoms with Crippen LogP contribution in [0, 0.1) is 0 Å². The molecule has 0 heterocycles. The molecular formula is C14H10O2S2. The Kier molecular flexibility index (Phi) is 3.89. The topological polar surface area (TPSA) is 34.1 Å². The lowest BCUT2D eigenvalue weighted by atomic mass is 10.0. The predicted molar refractivity (Wildman–Crippen MR) is 77.2 cm³/mol. The van der Waals surface area contributed by atoms with Gasteiger partial charge >= 0.3 is 0 Å². The molecule has 0 spiro atoms. The van der Waals surface area contributed by atoms with E-state index in [0.717, 1.165) is 23.7 Å². The highest BCUT2D eigenvalue weighted by atomic mass is 32.1. The molecule has 2 aromatic carbocycles. The number of benzene rings is 2. The van der Waals surface area contributed by atoms with Crippen LogP contribution in [0.2, 0.25) is 0 Å². The summed E-state index contributed by atoms with van der Waals surface area (Å²) < 4.78 is 0. The van der Waals surface area contributed by atoms with Crippen molar-refractivity contribution in [2.75, 3.05) is 0 Å². The van der Waals surface area contributed by atoms with Crippen LogP contribution < -0.4 is 0 Å². The zero-order valence-corrected chi connectivity index (χ0v) is 11.1. The SMILES string of the molecule is O=Cc1ccc(-c2ccc(C=O)c(S)c2)cc1S. The molecule has 4 heteroatoms. The molecule has 0 radical (unpaired) electrons. The van der Waals surface area contributed by atoms with Gasteiger partial charge in [0.05, 0.1) is 0 Å². The molecule has 0 aliphatic carbocycles. The molecular weight excluding hydrogens is 264 g/mol. The lowest BCUT2D eigenvalue weighted by molar-refractivity contribution is 0.111. The van der Waals surface area contributed by atoms with Gasteiger partial charge < -0.3 is 0 Å². The third-order valence-corrected chi connectivity index (χ3v) is 3.42. The van der Waals surface area contributed by atoms with Crippen LogP contribution in [0.15, 0.2) is 46.2 Å². The van der Waals surface area contributed by atoms with Crippen molar-refractivity contribution in [3.05, 3.63) is 47.5 Å². The minimum atomic E-state index is 0.553. The highest BCUT2D eigenvalue weighted by molar-refractivity contribution is 7.80. The van der Waals surface area contributed by atoms with Gasteiger partial charge in [0.25, 0.3) is 0 Å². The Morgan fingerprint density at radius 3 is 1.39 bits per heavy atom. The summed E-state index contributed by atoms with van der Waals surface area (Å²) in [6.07, 6.45) is 1.54. The smallest absolute Gasteiger partial charge is 0.151 e. The summed E-state index contributed by atoms with van der Waals surface area (Å²) in [5, 5.41) is 0. The van der Waals surface area contributed by atoms with Crippen LogP contribution in [0.1, 0.15) is 20.7 Å². The largest absolute Gasteiger partial charge is 0.298 e. The van der Waals surface area contributed by atoms with E-state index >= 15 is 0 Å². The fourth-order valence-corrected chi connectivity index (χ4v) is 2.18. The quantitative estimate of drug-likeness (QED) is 0.663. The van der Waals surface area contributed by atoms with Crippen LogP contribution in [0.4, 0.5) is 0 Å². The lowest BCUT2D eigenvalue weighted by Gasteiger charge is -2.06. The fraction of sp³-hybridized carbons (Fsp3) is 0. The second kappa shape index (κ2) is 5.42. The zero-order chi connectivity index (χ0) is 13.1. The maximum Gasteiger partial charge on any atom is 0.151 e. The van der Waals surface area contributed by atoms with E-state index in [4.69, 9.17) is 0 Å². The van der Waals surface area contributed by atoms with Crippen LogP contribution in [-0.2, 0) is 0 Å². The maximum absolute atomic E-state index is 10.7. The summed E-state index contributed by atoms with van der Waals surface area (Å²) in [5.74, 6) is 0. The van der Waals surface area contributed by atoms with E-state index in [1.807, 2.05) is 24.3 Å². The summed E-state index contributed by atoms with van der Waals surface area (Å²) >= 11 is 8.51. The van der Waals surface area contributed by atoms with E-state index in [-0.39, 0.29) is 0 Å². The van der Waals surface area contributed by atoms with E-state index in [1.165, 1.54) is 0 Å². The van der Waals surface area contributed by atoms with E-state index in [2.05, 4.69) is 25.3 Å². The van der Waals surface area contributed by atoms with E-state index in [0.29, 0.717) is 20.9 Å². The van der Waals surface area contributed by atoms with Gasteiger partial charge in [0.2, 0.25) is 0 Å². The average molecular weight is 274 g/mol. The van der Waals surface area contributed by atoms with Crippen LogP contribution in [0.3, 0.4) is 0 Å². The Morgan fingerprint density at radius 1 is 0.722 bits per heavy atom. The van der Waals surface area contributed by atoms with E-state index < -0.39 is 0 Å². The summed E-state index contributed by atoms with van der Waals surface area (Å²) in [5.41, 5.74) is 2.96. The summed E-state index contributed by atoms with van der Waals surface area (Å²) in [4.78, 5) is 22.7. The Hall–Kier alpha value is -1.52. The monoisotopic (exact) mass is 274 g/mol.